The predicted octanol–water partition coefficient (Wildman–Crippen LogP) is 4.47. The van der Waals surface area contributed by atoms with Gasteiger partial charge in [0.1, 0.15) is 22.5 Å². The normalized spacial score (nSPS) is 13.5. The smallest absolute Gasteiger partial charge is 0.251 e. The van der Waals surface area contributed by atoms with Crippen molar-refractivity contribution in [3.63, 3.8) is 0 Å². The van der Waals surface area contributed by atoms with E-state index in [1.165, 1.54) is 6.20 Å². The summed E-state index contributed by atoms with van der Waals surface area (Å²) in [6, 6.07) is 9.22. The van der Waals surface area contributed by atoms with Crippen LogP contribution in [0.3, 0.4) is 0 Å². The summed E-state index contributed by atoms with van der Waals surface area (Å²) in [5.41, 5.74) is 2.27. The fraction of sp³-hybridized carbons (Fsp3) is 0.160. The van der Waals surface area contributed by atoms with E-state index >= 15 is 4.39 Å². The average molecular weight is 495 g/mol. The van der Waals surface area contributed by atoms with Crippen LogP contribution in [-0.4, -0.2) is 31.6 Å². The van der Waals surface area contributed by atoms with E-state index in [4.69, 9.17) is 0 Å². The Labute approximate surface area is 201 Å². The number of carbonyl (C=O) groups excluding carboxylic acids is 2. The number of hydrogen-bond donors (Lipinski definition) is 3. The highest BCUT2D eigenvalue weighted by atomic mass is 32.2. The third kappa shape index (κ3) is 4.10. The lowest BCUT2D eigenvalue weighted by molar-refractivity contribution is 0.0964. The third-order valence-electron chi connectivity index (χ3n) is 5.83. The van der Waals surface area contributed by atoms with Crippen molar-refractivity contribution in [1.82, 2.24) is 15.3 Å². The van der Waals surface area contributed by atoms with Crippen molar-refractivity contribution in [3.05, 3.63) is 82.7 Å². The highest BCUT2D eigenvalue weighted by Crippen LogP contribution is 2.30. The molecule has 1 unspecified atom stereocenters. The van der Waals surface area contributed by atoms with Crippen LogP contribution >= 0.6 is 0 Å². The molecule has 0 saturated heterocycles. The van der Waals surface area contributed by atoms with E-state index in [0.29, 0.717) is 35.1 Å². The van der Waals surface area contributed by atoms with Gasteiger partial charge in [0.25, 0.3) is 5.91 Å². The van der Waals surface area contributed by atoms with Crippen LogP contribution in [0.5, 0.6) is 0 Å². The predicted molar refractivity (Wildman–Crippen MR) is 129 cm³/mol. The van der Waals surface area contributed by atoms with Crippen LogP contribution in [0.2, 0.25) is 0 Å². The molecule has 178 valence electrons. The maximum Gasteiger partial charge on any atom is 0.251 e. The topological polar surface area (TPSA) is 104 Å². The lowest BCUT2D eigenvalue weighted by atomic mass is 9.98. The summed E-state index contributed by atoms with van der Waals surface area (Å²) in [6.07, 6.45) is 3.55. The number of rotatable bonds is 7. The molecule has 35 heavy (non-hydrogen) atoms. The zero-order valence-electron chi connectivity index (χ0n) is 18.6. The van der Waals surface area contributed by atoms with Gasteiger partial charge >= 0.3 is 0 Å². The van der Waals surface area contributed by atoms with Gasteiger partial charge in [-0.2, -0.15) is 0 Å². The maximum absolute atomic E-state index is 15.2. The van der Waals surface area contributed by atoms with Crippen LogP contribution in [0.25, 0.3) is 22.2 Å². The maximum atomic E-state index is 15.2. The second-order valence-corrected chi connectivity index (χ2v) is 9.45. The summed E-state index contributed by atoms with van der Waals surface area (Å²) < 4.78 is 44.3. The number of halogens is 2. The SMILES string of the molecule is CCCS(=O)Nc1ccc(F)c(C(=O)c2c[nH]c3ncc(-c4ccc5c(c4)C(=O)NC5)cc23)c1F. The molecular weight excluding hydrogens is 474 g/mol. The first-order valence-corrected chi connectivity index (χ1v) is 12.3. The molecule has 10 heteroatoms. The number of aromatic nitrogens is 2. The molecule has 0 spiro atoms. The number of amides is 1. The molecule has 7 nitrogen and oxygen atoms in total. The minimum absolute atomic E-state index is 0.0397. The number of ketones is 1. The van der Waals surface area contributed by atoms with Gasteiger partial charge in [0.05, 0.1) is 11.3 Å². The molecule has 4 aromatic rings. The van der Waals surface area contributed by atoms with Gasteiger partial charge in [-0.25, -0.2) is 18.0 Å². The van der Waals surface area contributed by atoms with E-state index in [0.717, 1.165) is 23.3 Å². The van der Waals surface area contributed by atoms with Gasteiger partial charge in [0.15, 0.2) is 5.82 Å². The number of anilines is 1. The van der Waals surface area contributed by atoms with E-state index in [-0.39, 0.29) is 22.9 Å². The van der Waals surface area contributed by atoms with Gasteiger partial charge in [0.2, 0.25) is 5.78 Å². The number of nitrogens with zero attached hydrogens (tertiary/aromatic N) is 1. The Kier molecular flexibility index (Phi) is 5.89. The second kappa shape index (κ2) is 9.03. The molecule has 2 aromatic heterocycles. The Hall–Kier alpha value is -3.92. The quantitative estimate of drug-likeness (QED) is 0.330. The molecule has 1 amide bonds. The number of H-pyrrole nitrogens is 1. The zero-order chi connectivity index (χ0) is 24.7. The van der Waals surface area contributed by atoms with Crippen molar-refractivity contribution < 1.29 is 22.6 Å². The monoisotopic (exact) mass is 494 g/mol. The van der Waals surface area contributed by atoms with Crippen molar-refractivity contribution in [2.75, 3.05) is 10.5 Å². The zero-order valence-corrected chi connectivity index (χ0v) is 19.4. The number of hydrogen-bond acceptors (Lipinski definition) is 4. The van der Waals surface area contributed by atoms with Crippen LogP contribution in [0.15, 0.2) is 48.8 Å². The first kappa shape index (κ1) is 22.9. The number of fused-ring (bicyclic) bond motifs is 2. The molecule has 0 radical (unpaired) electrons. The van der Waals surface area contributed by atoms with Crippen molar-refractivity contribution in [2.24, 2.45) is 0 Å². The van der Waals surface area contributed by atoms with Gasteiger partial charge in [-0.15, -0.1) is 0 Å². The number of carbonyl (C=O) groups is 2. The highest BCUT2D eigenvalue weighted by Gasteiger charge is 2.25. The third-order valence-corrected chi connectivity index (χ3v) is 7.06. The summed E-state index contributed by atoms with van der Waals surface area (Å²) >= 11 is 0. The van der Waals surface area contributed by atoms with E-state index in [2.05, 4.69) is 20.0 Å². The Morgan fingerprint density at radius 3 is 2.80 bits per heavy atom. The first-order chi connectivity index (χ1) is 16.9. The molecule has 0 bridgehead atoms. The Morgan fingerprint density at radius 1 is 1.17 bits per heavy atom. The molecule has 3 N–H and O–H groups in total. The van der Waals surface area contributed by atoms with Crippen LogP contribution < -0.4 is 10.0 Å². The summed E-state index contributed by atoms with van der Waals surface area (Å²) in [6.45, 7) is 2.30. The fourth-order valence-electron chi connectivity index (χ4n) is 4.07. The largest absolute Gasteiger partial charge is 0.348 e. The molecule has 1 aliphatic rings. The molecule has 5 rings (SSSR count). The van der Waals surface area contributed by atoms with Crippen LogP contribution in [0.4, 0.5) is 14.5 Å². The number of nitrogens with one attached hydrogen (secondary N) is 3. The summed E-state index contributed by atoms with van der Waals surface area (Å²) in [7, 11) is -1.56. The standard InChI is InChI=1S/C25H20F2N4O3S/c1-2-7-35(34)31-20-6-5-19(26)21(22(20)27)23(32)18-12-29-24-17(18)9-15(11-28-24)13-3-4-14-10-30-25(33)16(14)8-13/h3-6,8-9,11-12,31H,2,7,10H2,1H3,(H,28,29)(H,30,33). The van der Waals surface area contributed by atoms with E-state index in [1.807, 2.05) is 19.1 Å². The second-order valence-electron chi connectivity index (χ2n) is 8.14. The molecule has 1 aliphatic heterocycles. The molecule has 1 atom stereocenters. The van der Waals surface area contributed by atoms with Gasteiger partial charge < -0.3 is 15.0 Å². The van der Waals surface area contributed by atoms with Crippen molar-refractivity contribution in [3.8, 4) is 11.1 Å². The van der Waals surface area contributed by atoms with Crippen LogP contribution in [0.1, 0.15) is 45.2 Å². The molecule has 0 aliphatic carbocycles. The van der Waals surface area contributed by atoms with Gasteiger partial charge in [-0.05, 0) is 41.8 Å². The number of aromatic amines is 1. The van der Waals surface area contributed by atoms with Crippen molar-refractivity contribution in [1.29, 1.82) is 0 Å². The van der Waals surface area contributed by atoms with Gasteiger partial charge in [0, 0.05) is 46.8 Å². The fourth-order valence-corrected chi connectivity index (χ4v) is 4.95. The number of pyridine rings is 1. The molecule has 0 saturated carbocycles. The Morgan fingerprint density at radius 2 is 2.00 bits per heavy atom. The van der Waals surface area contributed by atoms with E-state index in [9.17, 15) is 18.2 Å². The Balaban J connectivity index is 1.55. The molecule has 2 aromatic carbocycles. The first-order valence-electron chi connectivity index (χ1n) is 10.9. The minimum atomic E-state index is -1.56. The molecule has 0 fully saturated rings. The van der Waals surface area contributed by atoms with Crippen molar-refractivity contribution >= 4 is 39.4 Å². The molecule has 3 heterocycles. The van der Waals surface area contributed by atoms with Gasteiger partial charge in [-0.1, -0.05) is 19.1 Å². The van der Waals surface area contributed by atoms with Crippen LogP contribution in [0, 0.1) is 11.6 Å². The van der Waals surface area contributed by atoms with Crippen molar-refractivity contribution in [2.45, 2.75) is 19.9 Å². The lowest BCUT2D eigenvalue weighted by Crippen LogP contribution is -2.13. The average Bonchev–Trinajstić information content (AvgIpc) is 3.44. The van der Waals surface area contributed by atoms with Crippen LogP contribution in [-0.2, 0) is 17.5 Å². The lowest BCUT2D eigenvalue weighted by Gasteiger charge is -2.10. The number of benzene rings is 2. The summed E-state index contributed by atoms with van der Waals surface area (Å²) in [4.78, 5) is 32.5. The van der Waals surface area contributed by atoms with Gasteiger partial charge in [-0.3, -0.25) is 9.59 Å². The summed E-state index contributed by atoms with van der Waals surface area (Å²) in [5, 5.41) is 3.14. The Bertz CT molecular complexity index is 1530. The minimum Gasteiger partial charge on any atom is -0.348 e. The van der Waals surface area contributed by atoms with E-state index < -0.39 is 34.0 Å². The molecular formula is C25H20F2N4O3S. The highest BCUT2D eigenvalue weighted by molar-refractivity contribution is 7.86. The summed E-state index contributed by atoms with van der Waals surface area (Å²) in [5.74, 6) is -2.89. The van der Waals surface area contributed by atoms with E-state index in [1.54, 1.807) is 18.3 Å².